The van der Waals surface area contributed by atoms with E-state index in [0.717, 1.165) is 35.6 Å². The summed E-state index contributed by atoms with van der Waals surface area (Å²) in [5.41, 5.74) is 5.07. The van der Waals surface area contributed by atoms with Crippen molar-refractivity contribution in [2.45, 2.75) is 13.3 Å². The van der Waals surface area contributed by atoms with Crippen LogP contribution in [0.4, 0.5) is 21.9 Å². The molecule has 102 valence electrons. The molecule has 3 rings (SSSR count). The first-order valence-electron chi connectivity index (χ1n) is 6.73. The zero-order chi connectivity index (χ0) is 13.9. The number of amides is 2. The molecule has 0 aromatic heterocycles. The molecule has 4 heteroatoms. The molecule has 0 atom stereocenters. The molecule has 3 N–H and O–H groups in total. The average molecular weight is 267 g/mol. The molecule has 4 nitrogen and oxygen atoms in total. The SMILES string of the molecule is Cc1cccc(NC(=O)Nc2cccc3c2CCN3)c1. The van der Waals surface area contributed by atoms with E-state index in [9.17, 15) is 4.79 Å². The van der Waals surface area contributed by atoms with E-state index in [1.165, 1.54) is 5.56 Å². The largest absolute Gasteiger partial charge is 0.384 e. The molecule has 1 heterocycles. The Morgan fingerprint density at radius 1 is 1.15 bits per heavy atom. The van der Waals surface area contributed by atoms with Crippen LogP contribution >= 0.6 is 0 Å². The van der Waals surface area contributed by atoms with Gasteiger partial charge in [0.2, 0.25) is 0 Å². The van der Waals surface area contributed by atoms with Gasteiger partial charge in [0.15, 0.2) is 0 Å². The molecule has 0 saturated heterocycles. The predicted molar refractivity (Wildman–Crippen MR) is 82.5 cm³/mol. The number of carbonyl (C=O) groups excluding carboxylic acids is 1. The van der Waals surface area contributed by atoms with Crippen LogP contribution in [0.5, 0.6) is 0 Å². The maximum absolute atomic E-state index is 12.1. The molecule has 0 spiro atoms. The van der Waals surface area contributed by atoms with Gasteiger partial charge in [-0.15, -0.1) is 0 Å². The molecule has 0 fully saturated rings. The minimum atomic E-state index is -0.212. The molecule has 0 radical (unpaired) electrons. The number of carbonyl (C=O) groups is 1. The standard InChI is InChI=1S/C16H17N3O/c1-11-4-2-5-12(10-11)18-16(20)19-15-7-3-6-14-13(15)8-9-17-14/h2-7,10,17H,8-9H2,1H3,(H2,18,19,20). The third kappa shape index (κ3) is 2.59. The first-order valence-corrected chi connectivity index (χ1v) is 6.73. The Bertz CT molecular complexity index is 652. The highest BCUT2D eigenvalue weighted by Crippen LogP contribution is 2.29. The Labute approximate surface area is 118 Å². The maximum Gasteiger partial charge on any atom is 0.323 e. The van der Waals surface area contributed by atoms with Crippen molar-refractivity contribution in [1.82, 2.24) is 0 Å². The van der Waals surface area contributed by atoms with Crippen LogP contribution in [0.2, 0.25) is 0 Å². The zero-order valence-electron chi connectivity index (χ0n) is 11.4. The van der Waals surface area contributed by atoms with Gasteiger partial charge in [-0.05, 0) is 43.2 Å². The molecule has 20 heavy (non-hydrogen) atoms. The van der Waals surface area contributed by atoms with Gasteiger partial charge >= 0.3 is 6.03 Å². The predicted octanol–water partition coefficient (Wildman–Crippen LogP) is 3.61. The van der Waals surface area contributed by atoms with E-state index in [-0.39, 0.29) is 6.03 Å². The van der Waals surface area contributed by atoms with Gasteiger partial charge in [-0.3, -0.25) is 0 Å². The molecule has 2 amide bonds. The summed E-state index contributed by atoms with van der Waals surface area (Å²) in [7, 11) is 0. The number of aryl methyl sites for hydroxylation is 1. The molecule has 1 aliphatic rings. The molecule has 0 aliphatic carbocycles. The summed E-state index contributed by atoms with van der Waals surface area (Å²) in [4.78, 5) is 12.1. The quantitative estimate of drug-likeness (QED) is 0.778. The van der Waals surface area contributed by atoms with Crippen molar-refractivity contribution in [2.24, 2.45) is 0 Å². The number of hydrogen-bond donors (Lipinski definition) is 3. The lowest BCUT2D eigenvalue weighted by Gasteiger charge is -2.11. The number of benzene rings is 2. The normalized spacial score (nSPS) is 12.4. The van der Waals surface area contributed by atoms with Crippen molar-refractivity contribution in [3.8, 4) is 0 Å². The van der Waals surface area contributed by atoms with E-state index in [1.54, 1.807) is 0 Å². The molecule has 0 bridgehead atoms. The number of urea groups is 1. The van der Waals surface area contributed by atoms with Crippen molar-refractivity contribution >= 4 is 23.1 Å². The van der Waals surface area contributed by atoms with Crippen LogP contribution in [0, 0.1) is 6.92 Å². The van der Waals surface area contributed by atoms with Crippen molar-refractivity contribution in [3.05, 3.63) is 53.6 Å². The lowest BCUT2D eigenvalue weighted by Crippen LogP contribution is -2.20. The van der Waals surface area contributed by atoms with Gasteiger partial charge in [-0.25, -0.2) is 4.79 Å². The maximum atomic E-state index is 12.1. The second-order valence-electron chi connectivity index (χ2n) is 4.96. The van der Waals surface area contributed by atoms with Gasteiger partial charge in [0.1, 0.15) is 0 Å². The smallest absolute Gasteiger partial charge is 0.323 e. The Kier molecular flexibility index (Phi) is 3.29. The van der Waals surface area contributed by atoms with Crippen molar-refractivity contribution in [1.29, 1.82) is 0 Å². The molecular formula is C16H17N3O. The van der Waals surface area contributed by atoms with Crippen molar-refractivity contribution < 1.29 is 4.79 Å². The summed E-state index contributed by atoms with van der Waals surface area (Å²) >= 11 is 0. The third-order valence-electron chi connectivity index (χ3n) is 3.39. The van der Waals surface area contributed by atoms with Gasteiger partial charge < -0.3 is 16.0 Å². The van der Waals surface area contributed by atoms with E-state index in [2.05, 4.69) is 16.0 Å². The van der Waals surface area contributed by atoms with Crippen LogP contribution in [0.3, 0.4) is 0 Å². The monoisotopic (exact) mass is 267 g/mol. The molecule has 0 unspecified atom stereocenters. The van der Waals surface area contributed by atoms with Gasteiger partial charge in [0, 0.05) is 29.2 Å². The highest BCUT2D eigenvalue weighted by Gasteiger charge is 2.15. The Hall–Kier alpha value is -2.49. The highest BCUT2D eigenvalue weighted by atomic mass is 16.2. The number of hydrogen-bond acceptors (Lipinski definition) is 2. The summed E-state index contributed by atoms with van der Waals surface area (Å²) in [6, 6.07) is 13.4. The van der Waals surface area contributed by atoms with Crippen LogP contribution in [-0.2, 0) is 6.42 Å². The van der Waals surface area contributed by atoms with E-state index < -0.39 is 0 Å². The lowest BCUT2D eigenvalue weighted by molar-refractivity contribution is 0.262. The lowest BCUT2D eigenvalue weighted by atomic mass is 10.1. The van der Waals surface area contributed by atoms with Crippen molar-refractivity contribution in [3.63, 3.8) is 0 Å². The summed E-state index contributed by atoms with van der Waals surface area (Å²) in [5, 5.41) is 9.07. The minimum absolute atomic E-state index is 0.212. The van der Waals surface area contributed by atoms with Gasteiger partial charge in [-0.2, -0.15) is 0 Å². The third-order valence-corrected chi connectivity index (χ3v) is 3.39. The molecule has 2 aromatic carbocycles. The van der Waals surface area contributed by atoms with E-state index in [4.69, 9.17) is 0 Å². The first kappa shape index (κ1) is 12.5. The van der Waals surface area contributed by atoms with E-state index >= 15 is 0 Å². The zero-order valence-corrected chi connectivity index (χ0v) is 11.4. The molecular weight excluding hydrogens is 250 g/mol. The van der Waals surface area contributed by atoms with E-state index in [1.807, 2.05) is 49.4 Å². The van der Waals surface area contributed by atoms with Crippen LogP contribution in [-0.4, -0.2) is 12.6 Å². The summed E-state index contributed by atoms with van der Waals surface area (Å²) < 4.78 is 0. The van der Waals surface area contributed by atoms with Crippen LogP contribution in [0.15, 0.2) is 42.5 Å². The van der Waals surface area contributed by atoms with Crippen LogP contribution in [0.1, 0.15) is 11.1 Å². The molecule has 0 saturated carbocycles. The number of fused-ring (bicyclic) bond motifs is 1. The number of rotatable bonds is 2. The van der Waals surface area contributed by atoms with Crippen LogP contribution < -0.4 is 16.0 Å². The number of anilines is 3. The fourth-order valence-electron chi connectivity index (χ4n) is 2.47. The summed E-state index contributed by atoms with van der Waals surface area (Å²) in [6.45, 7) is 2.92. The van der Waals surface area contributed by atoms with Crippen molar-refractivity contribution in [2.75, 3.05) is 22.5 Å². The van der Waals surface area contributed by atoms with E-state index in [0.29, 0.717) is 0 Å². The van der Waals surface area contributed by atoms with Gasteiger partial charge in [-0.1, -0.05) is 18.2 Å². The van der Waals surface area contributed by atoms with Gasteiger partial charge in [0.05, 0.1) is 0 Å². The summed E-state index contributed by atoms with van der Waals surface area (Å²) in [6.07, 6.45) is 0.941. The second kappa shape index (κ2) is 5.25. The summed E-state index contributed by atoms with van der Waals surface area (Å²) in [5.74, 6) is 0. The molecule has 2 aromatic rings. The second-order valence-corrected chi connectivity index (χ2v) is 4.96. The number of nitrogens with one attached hydrogen (secondary N) is 3. The first-order chi connectivity index (χ1) is 9.72. The molecule has 1 aliphatic heterocycles. The van der Waals surface area contributed by atoms with Gasteiger partial charge in [0.25, 0.3) is 0 Å². The fraction of sp³-hybridized carbons (Fsp3) is 0.188. The fourth-order valence-corrected chi connectivity index (χ4v) is 2.47. The Morgan fingerprint density at radius 3 is 2.85 bits per heavy atom. The van der Waals surface area contributed by atoms with Crippen LogP contribution in [0.25, 0.3) is 0 Å². The average Bonchev–Trinajstić information content (AvgIpc) is 2.88. The Balaban J connectivity index is 1.72. The topological polar surface area (TPSA) is 53.2 Å². The Morgan fingerprint density at radius 2 is 2.00 bits per heavy atom. The minimum Gasteiger partial charge on any atom is -0.384 e. The highest BCUT2D eigenvalue weighted by molar-refractivity contribution is 6.00.